The van der Waals surface area contributed by atoms with E-state index < -0.39 is 23.9 Å². The van der Waals surface area contributed by atoms with Crippen LogP contribution in [0, 0.1) is 5.92 Å². The summed E-state index contributed by atoms with van der Waals surface area (Å²) in [5.74, 6) is -1.54. The lowest BCUT2D eigenvalue weighted by atomic mass is 10.1. The first kappa shape index (κ1) is 21.9. The summed E-state index contributed by atoms with van der Waals surface area (Å²) in [6.45, 7) is 1.56. The van der Waals surface area contributed by atoms with Gasteiger partial charge in [0.15, 0.2) is 11.9 Å². The molecule has 2 amide bonds. The third kappa shape index (κ3) is 4.83. The van der Waals surface area contributed by atoms with Crippen LogP contribution >= 0.6 is 23.2 Å². The molecule has 30 heavy (non-hydrogen) atoms. The van der Waals surface area contributed by atoms with Crippen LogP contribution in [0.25, 0.3) is 0 Å². The lowest BCUT2D eigenvalue weighted by molar-refractivity contribution is -0.157. The van der Waals surface area contributed by atoms with Gasteiger partial charge in [0, 0.05) is 19.2 Å². The molecule has 1 aromatic heterocycles. The Kier molecular flexibility index (Phi) is 6.79. The van der Waals surface area contributed by atoms with Crippen molar-refractivity contribution in [3.63, 3.8) is 0 Å². The Morgan fingerprint density at radius 1 is 1.30 bits per heavy atom. The standard InChI is InChI=1S/C20H19Cl2N3O5/c1-11(19(27)24-18-14(22)8-13(21)9-23-18)30-20(28)12-7-17(26)25(10-12)15-5-3-4-6-16(15)29-2/h3-6,8-9,11-12H,7,10H2,1-2H3,(H,23,24,27)/t11-,12-/m0/s1. The Balaban J connectivity index is 1.61. The molecule has 0 aliphatic carbocycles. The number of pyridine rings is 1. The lowest BCUT2D eigenvalue weighted by Crippen LogP contribution is -2.33. The molecule has 158 valence electrons. The second kappa shape index (κ2) is 9.32. The van der Waals surface area contributed by atoms with E-state index >= 15 is 0 Å². The van der Waals surface area contributed by atoms with E-state index in [1.54, 1.807) is 24.3 Å². The van der Waals surface area contributed by atoms with Crippen LogP contribution in [0.3, 0.4) is 0 Å². The number of anilines is 2. The fourth-order valence-corrected chi connectivity index (χ4v) is 3.43. The number of aromatic nitrogens is 1. The Bertz CT molecular complexity index is 985. The number of benzene rings is 1. The molecule has 0 bridgehead atoms. The topological polar surface area (TPSA) is 97.8 Å². The summed E-state index contributed by atoms with van der Waals surface area (Å²) >= 11 is 11.8. The van der Waals surface area contributed by atoms with Crippen LogP contribution in [-0.2, 0) is 19.1 Å². The fourth-order valence-electron chi connectivity index (χ4n) is 3.00. The number of rotatable bonds is 6. The lowest BCUT2D eigenvalue weighted by Gasteiger charge is -2.20. The van der Waals surface area contributed by atoms with Gasteiger partial charge in [-0.25, -0.2) is 4.98 Å². The molecule has 1 saturated heterocycles. The molecule has 0 unspecified atom stereocenters. The largest absolute Gasteiger partial charge is 0.495 e. The zero-order valence-corrected chi connectivity index (χ0v) is 17.7. The summed E-state index contributed by atoms with van der Waals surface area (Å²) in [7, 11) is 1.51. The number of para-hydroxylation sites is 2. The highest BCUT2D eigenvalue weighted by molar-refractivity contribution is 6.36. The van der Waals surface area contributed by atoms with Gasteiger partial charge in [-0.15, -0.1) is 0 Å². The Morgan fingerprint density at radius 3 is 2.73 bits per heavy atom. The summed E-state index contributed by atoms with van der Waals surface area (Å²) in [6.07, 6.45) is 0.202. The van der Waals surface area contributed by atoms with Crippen molar-refractivity contribution in [3.05, 3.63) is 46.6 Å². The van der Waals surface area contributed by atoms with Crippen molar-refractivity contribution in [2.75, 3.05) is 23.9 Å². The van der Waals surface area contributed by atoms with E-state index in [1.807, 2.05) is 0 Å². The number of amides is 2. The van der Waals surface area contributed by atoms with Gasteiger partial charge in [-0.05, 0) is 25.1 Å². The Morgan fingerprint density at radius 2 is 2.03 bits per heavy atom. The quantitative estimate of drug-likeness (QED) is 0.676. The molecular weight excluding hydrogens is 433 g/mol. The number of methoxy groups -OCH3 is 1. The van der Waals surface area contributed by atoms with E-state index in [4.69, 9.17) is 32.7 Å². The van der Waals surface area contributed by atoms with Gasteiger partial charge in [0.1, 0.15) is 5.75 Å². The van der Waals surface area contributed by atoms with Crippen LogP contribution in [-0.4, -0.2) is 42.5 Å². The number of nitrogens with zero attached hydrogens (tertiary/aromatic N) is 2. The van der Waals surface area contributed by atoms with Gasteiger partial charge in [0.25, 0.3) is 5.91 Å². The van der Waals surface area contributed by atoms with Gasteiger partial charge < -0.3 is 19.7 Å². The molecule has 1 aliphatic heterocycles. The fraction of sp³-hybridized carbons (Fsp3) is 0.300. The summed E-state index contributed by atoms with van der Waals surface area (Å²) in [5, 5.41) is 2.96. The van der Waals surface area contributed by atoms with Crippen LogP contribution in [0.15, 0.2) is 36.5 Å². The van der Waals surface area contributed by atoms with E-state index in [1.165, 1.54) is 31.2 Å². The summed E-state index contributed by atoms with van der Waals surface area (Å²) < 4.78 is 10.5. The molecule has 1 fully saturated rings. The van der Waals surface area contributed by atoms with Crippen molar-refractivity contribution < 1.29 is 23.9 Å². The van der Waals surface area contributed by atoms with Gasteiger partial charge in [-0.2, -0.15) is 0 Å². The van der Waals surface area contributed by atoms with Crippen LogP contribution in [0.1, 0.15) is 13.3 Å². The molecule has 0 spiro atoms. The van der Waals surface area contributed by atoms with E-state index in [2.05, 4.69) is 10.3 Å². The molecule has 0 saturated carbocycles. The van der Waals surface area contributed by atoms with Gasteiger partial charge in [0.2, 0.25) is 5.91 Å². The first-order valence-corrected chi connectivity index (χ1v) is 9.81. The summed E-state index contributed by atoms with van der Waals surface area (Å²) in [5.41, 5.74) is 0.578. The molecule has 0 radical (unpaired) electrons. The molecule has 8 nitrogen and oxygen atoms in total. The molecule has 1 N–H and O–H groups in total. The van der Waals surface area contributed by atoms with E-state index in [0.717, 1.165) is 0 Å². The summed E-state index contributed by atoms with van der Waals surface area (Å²) in [4.78, 5) is 42.7. The van der Waals surface area contributed by atoms with Gasteiger partial charge >= 0.3 is 5.97 Å². The normalized spacial score (nSPS) is 16.9. The van der Waals surface area contributed by atoms with Crippen LogP contribution < -0.4 is 15.0 Å². The average molecular weight is 452 g/mol. The highest BCUT2D eigenvalue weighted by Gasteiger charge is 2.38. The number of carbonyl (C=O) groups is 3. The van der Waals surface area contributed by atoms with Gasteiger partial charge in [0.05, 0.1) is 28.8 Å². The maximum atomic E-state index is 12.5. The molecule has 1 aromatic carbocycles. The van der Waals surface area contributed by atoms with Crippen molar-refractivity contribution in [2.45, 2.75) is 19.4 Å². The van der Waals surface area contributed by atoms with Crippen molar-refractivity contribution in [2.24, 2.45) is 5.92 Å². The number of carbonyl (C=O) groups excluding carboxylic acids is 3. The number of hydrogen-bond acceptors (Lipinski definition) is 6. The average Bonchev–Trinajstić information content (AvgIpc) is 3.11. The Labute approximate surface area is 183 Å². The zero-order valence-electron chi connectivity index (χ0n) is 16.2. The van der Waals surface area contributed by atoms with E-state index in [0.29, 0.717) is 16.5 Å². The molecule has 3 rings (SSSR count). The third-order valence-corrected chi connectivity index (χ3v) is 5.04. The maximum Gasteiger partial charge on any atom is 0.312 e. The predicted octanol–water partition coefficient (Wildman–Crippen LogP) is 3.32. The highest BCUT2D eigenvalue weighted by atomic mass is 35.5. The van der Waals surface area contributed by atoms with Crippen molar-refractivity contribution >= 4 is 52.5 Å². The van der Waals surface area contributed by atoms with Crippen LogP contribution in [0.5, 0.6) is 5.75 Å². The van der Waals surface area contributed by atoms with E-state index in [9.17, 15) is 14.4 Å². The second-order valence-electron chi connectivity index (χ2n) is 6.63. The molecule has 2 aromatic rings. The molecule has 2 atom stereocenters. The first-order chi connectivity index (χ1) is 14.3. The second-order valence-corrected chi connectivity index (χ2v) is 7.47. The minimum absolute atomic E-state index is 0.0181. The number of hydrogen-bond donors (Lipinski definition) is 1. The predicted molar refractivity (Wildman–Crippen MR) is 112 cm³/mol. The smallest absolute Gasteiger partial charge is 0.312 e. The first-order valence-electron chi connectivity index (χ1n) is 9.06. The van der Waals surface area contributed by atoms with Crippen LogP contribution in [0.2, 0.25) is 10.0 Å². The SMILES string of the molecule is COc1ccccc1N1C[C@@H](C(=O)O[C@@H](C)C(=O)Nc2ncc(Cl)cc2Cl)CC1=O. The highest BCUT2D eigenvalue weighted by Crippen LogP contribution is 2.33. The van der Waals surface area contributed by atoms with Crippen LogP contribution in [0.4, 0.5) is 11.5 Å². The number of ether oxygens (including phenoxy) is 2. The van der Waals surface area contributed by atoms with E-state index in [-0.39, 0.29) is 29.7 Å². The van der Waals surface area contributed by atoms with Crippen molar-refractivity contribution in [1.82, 2.24) is 4.98 Å². The van der Waals surface area contributed by atoms with Gasteiger partial charge in [-0.1, -0.05) is 35.3 Å². The number of halogens is 2. The molecule has 1 aliphatic rings. The minimum atomic E-state index is -1.11. The Hall–Kier alpha value is -2.84. The van der Waals surface area contributed by atoms with Gasteiger partial charge in [-0.3, -0.25) is 14.4 Å². The number of nitrogens with one attached hydrogen (secondary N) is 1. The zero-order chi connectivity index (χ0) is 21.8. The molecule has 2 heterocycles. The monoisotopic (exact) mass is 451 g/mol. The maximum absolute atomic E-state index is 12.5. The van der Waals surface area contributed by atoms with Crippen molar-refractivity contribution in [3.8, 4) is 5.75 Å². The summed E-state index contributed by atoms with van der Waals surface area (Å²) in [6, 6.07) is 8.47. The minimum Gasteiger partial charge on any atom is -0.495 e. The molecular formula is C20H19Cl2N3O5. The molecule has 10 heteroatoms. The van der Waals surface area contributed by atoms with Crippen molar-refractivity contribution in [1.29, 1.82) is 0 Å². The third-order valence-electron chi connectivity index (χ3n) is 4.55. The number of esters is 1.